The van der Waals surface area contributed by atoms with Crippen LogP contribution in [0.1, 0.15) is 31.0 Å². The second-order valence-corrected chi connectivity index (χ2v) is 7.70. The smallest absolute Gasteiger partial charge is 0.295 e. The van der Waals surface area contributed by atoms with Crippen molar-refractivity contribution >= 4 is 17.4 Å². The summed E-state index contributed by atoms with van der Waals surface area (Å²) in [7, 11) is 0. The number of aliphatic hydroxyl groups is 1. The van der Waals surface area contributed by atoms with E-state index in [1.54, 1.807) is 36.4 Å². The van der Waals surface area contributed by atoms with Crippen LogP contribution in [0, 0.1) is 5.82 Å². The molecule has 1 N–H and O–H groups in total. The summed E-state index contributed by atoms with van der Waals surface area (Å²) >= 11 is 0. The van der Waals surface area contributed by atoms with Crippen LogP contribution >= 0.6 is 0 Å². The van der Waals surface area contributed by atoms with E-state index in [1.807, 2.05) is 13.8 Å². The van der Waals surface area contributed by atoms with Gasteiger partial charge >= 0.3 is 0 Å². The van der Waals surface area contributed by atoms with E-state index in [0.717, 1.165) is 13.1 Å². The van der Waals surface area contributed by atoms with Gasteiger partial charge in [-0.2, -0.15) is 0 Å². The Morgan fingerprint density at radius 1 is 1.18 bits per heavy atom. The maximum absolute atomic E-state index is 14.1. The Bertz CT molecular complexity index is 1040. The first-order valence-electron chi connectivity index (χ1n) is 11.0. The molecule has 2 aromatic rings. The SMILES string of the molecule is C=CCOc1ccc(C(O)=C2C(=O)C(=O)N(CCN(CC)CC)[C@@H]2c2cccc(F)c2)cc1. The summed E-state index contributed by atoms with van der Waals surface area (Å²) in [6.45, 7) is 10.4. The summed E-state index contributed by atoms with van der Waals surface area (Å²) in [5.74, 6) is -1.70. The molecule has 33 heavy (non-hydrogen) atoms. The van der Waals surface area contributed by atoms with Gasteiger partial charge in [-0.1, -0.05) is 38.6 Å². The quantitative estimate of drug-likeness (QED) is 0.254. The van der Waals surface area contributed by atoms with E-state index in [1.165, 1.54) is 23.1 Å². The Hall–Kier alpha value is -3.45. The van der Waals surface area contributed by atoms with Gasteiger partial charge < -0.3 is 19.6 Å². The van der Waals surface area contributed by atoms with Crippen molar-refractivity contribution < 1.29 is 23.8 Å². The zero-order valence-electron chi connectivity index (χ0n) is 19.0. The minimum Gasteiger partial charge on any atom is -0.507 e. The van der Waals surface area contributed by atoms with Gasteiger partial charge in [0.25, 0.3) is 11.7 Å². The number of carbonyl (C=O) groups excluding carboxylic acids is 2. The average Bonchev–Trinajstić information content (AvgIpc) is 3.08. The molecule has 1 amide bonds. The first-order chi connectivity index (χ1) is 15.9. The number of rotatable bonds is 10. The molecule has 0 aromatic heterocycles. The van der Waals surface area contributed by atoms with Gasteiger partial charge in [-0.05, 0) is 55.1 Å². The molecule has 1 aliphatic heterocycles. The van der Waals surface area contributed by atoms with E-state index in [2.05, 4.69) is 11.5 Å². The highest BCUT2D eigenvalue weighted by molar-refractivity contribution is 6.46. The van der Waals surface area contributed by atoms with E-state index in [0.29, 0.717) is 30.0 Å². The Kier molecular flexibility index (Phi) is 8.01. The number of ether oxygens (including phenoxy) is 1. The number of aliphatic hydroxyl groups excluding tert-OH is 1. The molecule has 1 atom stereocenters. The van der Waals surface area contributed by atoms with Crippen molar-refractivity contribution in [3.05, 3.63) is 83.7 Å². The zero-order valence-corrected chi connectivity index (χ0v) is 19.0. The molecule has 2 aromatic carbocycles. The summed E-state index contributed by atoms with van der Waals surface area (Å²) in [6.07, 6.45) is 1.62. The number of benzene rings is 2. The number of Topliss-reactive ketones (excluding diaryl/α,β-unsaturated/α-hetero) is 1. The maximum atomic E-state index is 14.1. The van der Waals surface area contributed by atoms with Crippen molar-refractivity contribution in [2.45, 2.75) is 19.9 Å². The highest BCUT2D eigenvalue weighted by Crippen LogP contribution is 2.39. The predicted molar refractivity (Wildman–Crippen MR) is 125 cm³/mol. The molecule has 3 rings (SSSR count). The van der Waals surface area contributed by atoms with Crippen molar-refractivity contribution in [3.63, 3.8) is 0 Å². The topological polar surface area (TPSA) is 70.1 Å². The third kappa shape index (κ3) is 5.31. The molecule has 0 unspecified atom stereocenters. The third-order valence-corrected chi connectivity index (χ3v) is 5.75. The number of ketones is 1. The van der Waals surface area contributed by atoms with Gasteiger partial charge in [0, 0.05) is 18.7 Å². The Morgan fingerprint density at radius 2 is 1.88 bits per heavy atom. The summed E-state index contributed by atoms with van der Waals surface area (Å²) in [4.78, 5) is 29.6. The molecule has 0 bridgehead atoms. The number of amides is 1. The molecule has 174 valence electrons. The normalized spacial score (nSPS) is 17.6. The molecule has 0 saturated carbocycles. The van der Waals surface area contributed by atoms with Crippen molar-refractivity contribution in [3.8, 4) is 5.75 Å². The van der Waals surface area contributed by atoms with Gasteiger partial charge in [-0.15, -0.1) is 0 Å². The number of halogens is 1. The fraction of sp³-hybridized carbons (Fsp3) is 0.308. The molecule has 0 spiro atoms. The van der Waals surface area contributed by atoms with Crippen LogP contribution < -0.4 is 4.74 Å². The van der Waals surface area contributed by atoms with Crippen LogP contribution in [0.15, 0.2) is 66.8 Å². The first kappa shape index (κ1) is 24.2. The Balaban J connectivity index is 2.04. The Labute approximate surface area is 193 Å². The van der Waals surface area contributed by atoms with Crippen LogP contribution in [-0.2, 0) is 9.59 Å². The number of nitrogens with zero attached hydrogens (tertiary/aromatic N) is 2. The van der Waals surface area contributed by atoms with Crippen molar-refractivity contribution in [2.75, 3.05) is 32.8 Å². The monoisotopic (exact) mass is 452 g/mol. The average molecular weight is 453 g/mol. The molecule has 0 radical (unpaired) electrons. The number of hydrogen-bond donors (Lipinski definition) is 1. The van der Waals surface area contributed by atoms with Gasteiger partial charge in [-0.25, -0.2) is 4.39 Å². The van der Waals surface area contributed by atoms with Gasteiger partial charge in [0.15, 0.2) is 0 Å². The lowest BCUT2D eigenvalue weighted by molar-refractivity contribution is -0.140. The summed E-state index contributed by atoms with van der Waals surface area (Å²) in [5, 5.41) is 11.1. The van der Waals surface area contributed by atoms with E-state index >= 15 is 0 Å². The molecule has 1 saturated heterocycles. The lowest BCUT2D eigenvalue weighted by atomic mass is 9.95. The lowest BCUT2D eigenvalue weighted by Gasteiger charge is -2.28. The molecule has 6 nitrogen and oxygen atoms in total. The van der Waals surface area contributed by atoms with Gasteiger partial charge in [-0.3, -0.25) is 9.59 Å². The largest absolute Gasteiger partial charge is 0.507 e. The Morgan fingerprint density at radius 3 is 2.48 bits per heavy atom. The fourth-order valence-corrected chi connectivity index (χ4v) is 3.94. The van der Waals surface area contributed by atoms with E-state index in [-0.39, 0.29) is 17.9 Å². The minimum absolute atomic E-state index is 0.0510. The van der Waals surface area contributed by atoms with Gasteiger partial charge in [0.2, 0.25) is 0 Å². The lowest BCUT2D eigenvalue weighted by Crippen LogP contribution is -2.38. The molecular weight excluding hydrogens is 423 g/mol. The fourth-order valence-electron chi connectivity index (χ4n) is 3.94. The van der Waals surface area contributed by atoms with Crippen LogP contribution in [0.5, 0.6) is 5.75 Å². The second kappa shape index (κ2) is 10.9. The zero-order chi connectivity index (χ0) is 24.0. The maximum Gasteiger partial charge on any atom is 0.295 e. The third-order valence-electron chi connectivity index (χ3n) is 5.75. The van der Waals surface area contributed by atoms with Crippen LogP contribution in [0.4, 0.5) is 4.39 Å². The van der Waals surface area contributed by atoms with Crippen LogP contribution in [-0.4, -0.2) is 59.4 Å². The number of likely N-dealkylation sites (tertiary alicyclic amines) is 1. The molecule has 1 heterocycles. The van der Waals surface area contributed by atoms with Crippen LogP contribution in [0.2, 0.25) is 0 Å². The second-order valence-electron chi connectivity index (χ2n) is 7.70. The van der Waals surface area contributed by atoms with Gasteiger partial charge in [0.1, 0.15) is 23.9 Å². The summed E-state index contributed by atoms with van der Waals surface area (Å²) in [6, 6.07) is 11.4. The molecule has 1 aliphatic rings. The first-order valence-corrected chi connectivity index (χ1v) is 11.0. The highest BCUT2D eigenvalue weighted by Gasteiger charge is 2.46. The number of hydrogen-bond acceptors (Lipinski definition) is 5. The minimum atomic E-state index is -0.882. The van der Waals surface area contributed by atoms with E-state index in [9.17, 15) is 19.1 Å². The number of carbonyl (C=O) groups is 2. The molecule has 7 heteroatoms. The number of likely N-dealkylation sites (N-methyl/N-ethyl adjacent to an activating group) is 1. The van der Waals surface area contributed by atoms with E-state index < -0.39 is 23.5 Å². The standard InChI is InChI=1S/C26H29FN2O4/c1-4-16-33-21-12-10-18(11-13-21)24(30)22-23(19-8-7-9-20(27)17-19)29(26(32)25(22)31)15-14-28(5-2)6-3/h4,7-13,17,23,30H,1,5-6,14-16H2,2-3H3/t23-/m1/s1. The molecule has 0 aliphatic carbocycles. The summed E-state index contributed by atoms with van der Waals surface area (Å²) < 4.78 is 19.5. The van der Waals surface area contributed by atoms with Crippen molar-refractivity contribution in [1.29, 1.82) is 0 Å². The molecular formula is C26H29FN2O4. The van der Waals surface area contributed by atoms with Crippen LogP contribution in [0.25, 0.3) is 5.76 Å². The van der Waals surface area contributed by atoms with Crippen molar-refractivity contribution in [1.82, 2.24) is 9.80 Å². The van der Waals surface area contributed by atoms with E-state index in [4.69, 9.17) is 4.74 Å². The van der Waals surface area contributed by atoms with Crippen LogP contribution in [0.3, 0.4) is 0 Å². The highest BCUT2D eigenvalue weighted by atomic mass is 19.1. The van der Waals surface area contributed by atoms with Gasteiger partial charge in [0.05, 0.1) is 11.6 Å². The predicted octanol–water partition coefficient (Wildman–Crippen LogP) is 4.15. The summed E-state index contributed by atoms with van der Waals surface area (Å²) in [5.41, 5.74) is 0.746. The molecule has 1 fully saturated rings. The van der Waals surface area contributed by atoms with Crippen molar-refractivity contribution in [2.24, 2.45) is 0 Å².